The van der Waals surface area contributed by atoms with Gasteiger partial charge in [-0.1, -0.05) is 0 Å². The predicted octanol–water partition coefficient (Wildman–Crippen LogP) is 3.41. The lowest BCUT2D eigenvalue weighted by molar-refractivity contribution is -0.177. The first-order valence-corrected chi connectivity index (χ1v) is 9.45. The summed E-state index contributed by atoms with van der Waals surface area (Å²) in [6.07, 6.45) is 6.35. The summed E-state index contributed by atoms with van der Waals surface area (Å²) in [7, 11) is 0. The Hall–Kier alpha value is -1.49. The van der Waals surface area contributed by atoms with Gasteiger partial charge < -0.3 is 14.5 Å². The highest BCUT2D eigenvalue weighted by atomic mass is 35.5. The van der Waals surface area contributed by atoms with E-state index in [0.29, 0.717) is 24.0 Å². The first-order chi connectivity index (χ1) is 11.9. The molecule has 1 N–H and O–H groups in total. The first kappa shape index (κ1) is 17.0. The molecular formula is C19H24ClNO4. The summed E-state index contributed by atoms with van der Waals surface area (Å²) in [6.45, 7) is 1.90. The molecule has 1 aromatic rings. The summed E-state index contributed by atoms with van der Waals surface area (Å²) in [5, 5.41) is 2.74. The fourth-order valence-electron chi connectivity index (χ4n) is 5.46. The molecule has 0 saturated heterocycles. The van der Waals surface area contributed by atoms with Gasteiger partial charge in [0, 0.05) is 4.87 Å². The van der Waals surface area contributed by atoms with Crippen LogP contribution in [0.25, 0.3) is 0 Å². The second-order valence-corrected chi connectivity index (χ2v) is 9.04. The van der Waals surface area contributed by atoms with Gasteiger partial charge in [-0.15, -0.1) is 11.6 Å². The number of carbonyl (C=O) groups is 2. The third kappa shape index (κ3) is 3.19. The average molecular weight is 366 g/mol. The van der Waals surface area contributed by atoms with Crippen molar-refractivity contribution in [2.75, 3.05) is 0 Å². The normalized spacial score (nSPS) is 36.9. The molecule has 1 aromatic heterocycles. The van der Waals surface area contributed by atoms with Gasteiger partial charge in [0.1, 0.15) is 5.76 Å². The zero-order valence-electron chi connectivity index (χ0n) is 14.4. The maximum Gasteiger partial charge on any atom is 0.312 e. The molecule has 25 heavy (non-hydrogen) atoms. The summed E-state index contributed by atoms with van der Waals surface area (Å²) in [5.74, 6) is 1.16. The fourth-order valence-corrected chi connectivity index (χ4v) is 6.15. The molecule has 136 valence electrons. The van der Waals surface area contributed by atoms with Crippen molar-refractivity contribution in [1.29, 1.82) is 0 Å². The highest BCUT2D eigenvalue weighted by Gasteiger charge is 2.61. The second-order valence-electron chi connectivity index (χ2n) is 8.24. The van der Waals surface area contributed by atoms with Gasteiger partial charge in [-0.3, -0.25) is 9.59 Å². The van der Waals surface area contributed by atoms with Gasteiger partial charge in [0.15, 0.2) is 6.10 Å². The van der Waals surface area contributed by atoms with Gasteiger partial charge in [0.2, 0.25) is 0 Å². The van der Waals surface area contributed by atoms with Crippen LogP contribution >= 0.6 is 11.6 Å². The molecule has 4 bridgehead atoms. The smallest absolute Gasteiger partial charge is 0.312 e. The number of furan rings is 1. The molecule has 1 amide bonds. The molecule has 1 heterocycles. The van der Waals surface area contributed by atoms with Crippen LogP contribution in [0.4, 0.5) is 0 Å². The average Bonchev–Trinajstić information content (AvgIpc) is 3.03. The van der Waals surface area contributed by atoms with Crippen LogP contribution in [0, 0.1) is 17.3 Å². The van der Waals surface area contributed by atoms with Crippen LogP contribution in [0.5, 0.6) is 0 Å². The minimum Gasteiger partial charge on any atom is -0.467 e. The molecule has 4 saturated carbocycles. The minimum absolute atomic E-state index is 0.242. The van der Waals surface area contributed by atoms with E-state index >= 15 is 0 Å². The van der Waals surface area contributed by atoms with Crippen LogP contribution in [0.3, 0.4) is 0 Å². The van der Waals surface area contributed by atoms with Gasteiger partial charge in [-0.2, -0.15) is 0 Å². The predicted molar refractivity (Wildman–Crippen MR) is 91.8 cm³/mol. The van der Waals surface area contributed by atoms with E-state index in [9.17, 15) is 9.59 Å². The van der Waals surface area contributed by atoms with E-state index in [4.69, 9.17) is 20.8 Å². The lowest BCUT2D eigenvalue weighted by Gasteiger charge is -2.58. The summed E-state index contributed by atoms with van der Waals surface area (Å²) in [5.41, 5.74) is -0.485. The summed E-state index contributed by atoms with van der Waals surface area (Å²) < 4.78 is 10.8. The Morgan fingerprint density at radius 1 is 1.36 bits per heavy atom. The molecule has 5 nitrogen and oxygen atoms in total. The second kappa shape index (κ2) is 6.04. The standard InChI is InChI=1S/C19H24ClNO4/c1-12(16(22)21-10-15-3-2-4-24-15)25-17(23)18-6-13-5-14(7-18)9-19(20,8-13)11-18/h2-4,12-14H,5-11H2,1H3,(H,21,22)/t12-,13-,14+,18?,19?/m1/s1. The Bertz CT molecular complexity index is 657. The highest BCUT2D eigenvalue weighted by molar-refractivity contribution is 6.24. The van der Waals surface area contributed by atoms with Gasteiger partial charge in [-0.25, -0.2) is 0 Å². The number of amides is 1. The molecule has 4 aliphatic carbocycles. The van der Waals surface area contributed by atoms with E-state index < -0.39 is 11.5 Å². The van der Waals surface area contributed by atoms with Crippen molar-refractivity contribution in [3.8, 4) is 0 Å². The van der Waals surface area contributed by atoms with E-state index in [1.165, 1.54) is 6.42 Å². The highest BCUT2D eigenvalue weighted by Crippen LogP contribution is 2.64. The van der Waals surface area contributed by atoms with Crippen LogP contribution < -0.4 is 5.32 Å². The maximum atomic E-state index is 12.9. The van der Waals surface area contributed by atoms with Crippen LogP contribution in [0.15, 0.2) is 22.8 Å². The van der Waals surface area contributed by atoms with Crippen molar-refractivity contribution >= 4 is 23.5 Å². The van der Waals surface area contributed by atoms with E-state index in [1.807, 2.05) is 0 Å². The first-order valence-electron chi connectivity index (χ1n) is 9.08. The van der Waals surface area contributed by atoms with Crippen molar-refractivity contribution in [1.82, 2.24) is 5.32 Å². The van der Waals surface area contributed by atoms with E-state index in [1.54, 1.807) is 25.3 Å². The molecule has 4 fully saturated rings. The fraction of sp³-hybridized carbons (Fsp3) is 0.684. The van der Waals surface area contributed by atoms with Gasteiger partial charge >= 0.3 is 5.97 Å². The number of alkyl halides is 1. The lowest BCUT2D eigenvalue weighted by Crippen LogP contribution is -2.57. The Morgan fingerprint density at radius 2 is 2.08 bits per heavy atom. The Labute approximate surface area is 152 Å². The van der Waals surface area contributed by atoms with Crippen molar-refractivity contribution < 1.29 is 18.7 Å². The number of hydrogen-bond acceptors (Lipinski definition) is 4. The molecule has 4 aliphatic rings. The third-order valence-corrected chi connectivity index (χ3v) is 6.53. The molecule has 5 atom stereocenters. The number of halogens is 1. The molecule has 0 aromatic carbocycles. The Balaban J connectivity index is 1.37. The Morgan fingerprint density at radius 3 is 2.68 bits per heavy atom. The molecule has 0 aliphatic heterocycles. The number of nitrogens with one attached hydrogen (secondary N) is 1. The monoisotopic (exact) mass is 365 g/mol. The molecule has 2 unspecified atom stereocenters. The molecule has 0 radical (unpaired) electrons. The quantitative estimate of drug-likeness (QED) is 0.641. The number of esters is 1. The topological polar surface area (TPSA) is 68.5 Å². The van der Waals surface area contributed by atoms with Gasteiger partial charge in [-0.05, 0) is 69.4 Å². The van der Waals surface area contributed by atoms with E-state index in [0.717, 1.165) is 25.7 Å². The lowest BCUT2D eigenvalue weighted by atomic mass is 9.49. The van der Waals surface area contributed by atoms with Crippen LogP contribution in [0.1, 0.15) is 51.2 Å². The van der Waals surface area contributed by atoms with Crippen LogP contribution in [-0.2, 0) is 20.9 Å². The largest absolute Gasteiger partial charge is 0.467 e. The summed E-state index contributed by atoms with van der Waals surface area (Å²) >= 11 is 6.77. The number of ether oxygens (including phenoxy) is 1. The van der Waals surface area contributed by atoms with Crippen molar-refractivity contribution in [3.63, 3.8) is 0 Å². The SMILES string of the molecule is C[C@@H](OC(=O)C12C[C@@H]3C[C@@H](CC(Cl)(C3)C1)C2)C(=O)NCc1ccco1. The Kier molecular flexibility index (Phi) is 4.10. The molecule has 0 spiro atoms. The van der Waals surface area contributed by atoms with Gasteiger partial charge in [0.05, 0.1) is 18.2 Å². The van der Waals surface area contributed by atoms with Gasteiger partial charge in [0.25, 0.3) is 5.91 Å². The maximum absolute atomic E-state index is 12.9. The zero-order valence-corrected chi connectivity index (χ0v) is 15.2. The number of hydrogen-bond donors (Lipinski definition) is 1. The van der Waals surface area contributed by atoms with E-state index in [2.05, 4.69) is 5.32 Å². The summed E-state index contributed by atoms with van der Waals surface area (Å²) in [6, 6.07) is 3.55. The number of carbonyl (C=O) groups excluding carboxylic acids is 2. The van der Waals surface area contributed by atoms with Crippen molar-refractivity contribution in [2.45, 2.75) is 63.0 Å². The number of rotatable bonds is 5. The van der Waals surface area contributed by atoms with Crippen molar-refractivity contribution in [3.05, 3.63) is 24.2 Å². The zero-order chi connectivity index (χ0) is 17.7. The molecule has 6 heteroatoms. The molecule has 5 rings (SSSR count). The minimum atomic E-state index is -0.818. The molecular weight excluding hydrogens is 342 g/mol. The van der Waals surface area contributed by atoms with Crippen LogP contribution in [-0.4, -0.2) is 22.9 Å². The third-order valence-electron chi connectivity index (χ3n) is 6.09. The van der Waals surface area contributed by atoms with Crippen molar-refractivity contribution in [2.24, 2.45) is 17.3 Å². The van der Waals surface area contributed by atoms with Crippen LogP contribution in [0.2, 0.25) is 0 Å². The van der Waals surface area contributed by atoms with E-state index in [-0.39, 0.29) is 23.3 Å². The summed E-state index contributed by atoms with van der Waals surface area (Å²) in [4.78, 5) is 24.9.